The lowest BCUT2D eigenvalue weighted by Gasteiger charge is -2.33. The van der Waals surface area contributed by atoms with Crippen molar-refractivity contribution >= 4 is 34.7 Å². The van der Waals surface area contributed by atoms with Gasteiger partial charge < -0.3 is 9.64 Å². The molecule has 2 aromatic carbocycles. The summed E-state index contributed by atoms with van der Waals surface area (Å²) in [5.41, 5.74) is 2.14. The fraction of sp³-hybridized carbons (Fsp3) is 0.304. The number of likely N-dealkylation sites (tertiary alicyclic amines) is 1. The van der Waals surface area contributed by atoms with E-state index < -0.39 is 0 Å². The molecule has 1 atom stereocenters. The summed E-state index contributed by atoms with van der Waals surface area (Å²) in [5, 5.41) is 0.354. The van der Waals surface area contributed by atoms with Crippen molar-refractivity contribution in [1.82, 2.24) is 4.90 Å². The van der Waals surface area contributed by atoms with Crippen LogP contribution in [0.4, 0.5) is 5.69 Å². The van der Waals surface area contributed by atoms with E-state index in [2.05, 4.69) is 11.8 Å². The first-order valence-electron chi connectivity index (χ1n) is 9.78. The molecule has 0 spiro atoms. The van der Waals surface area contributed by atoms with E-state index in [9.17, 15) is 9.59 Å². The second-order valence-electron chi connectivity index (χ2n) is 7.55. The van der Waals surface area contributed by atoms with Crippen molar-refractivity contribution in [2.75, 3.05) is 25.1 Å². The summed E-state index contributed by atoms with van der Waals surface area (Å²) < 4.78 is 5.20. The molecule has 0 N–H and O–H groups in total. The van der Waals surface area contributed by atoms with Crippen LogP contribution in [0.2, 0.25) is 5.02 Å². The van der Waals surface area contributed by atoms with Gasteiger partial charge in [-0.3, -0.25) is 9.59 Å². The molecule has 1 unspecified atom stereocenters. The van der Waals surface area contributed by atoms with Crippen molar-refractivity contribution < 1.29 is 14.3 Å². The topological polar surface area (TPSA) is 49.9 Å². The highest BCUT2D eigenvalue weighted by molar-refractivity contribution is 6.45. The van der Waals surface area contributed by atoms with Crippen molar-refractivity contribution in [2.45, 2.75) is 19.8 Å². The summed E-state index contributed by atoms with van der Waals surface area (Å²) in [6.45, 7) is 3.71. The van der Waals surface area contributed by atoms with Crippen LogP contribution in [-0.2, 0) is 9.59 Å². The van der Waals surface area contributed by atoms with Crippen LogP contribution in [0.5, 0.6) is 5.75 Å². The van der Waals surface area contributed by atoms with Gasteiger partial charge in [0.2, 0.25) is 0 Å². The van der Waals surface area contributed by atoms with Crippen LogP contribution < -0.4 is 9.64 Å². The van der Waals surface area contributed by atoms with Crippen molar-refractivity contribution in [3.63, 3.8) is 0 Å². The third kappa shape index (κ3) is 3.51. The number of carbonyl (C=O) groups is 2. The van der Waals surface area contributed by atoms with Gasteiger partial charge in [-0.1, -0.05) is 48.9 Å². The normalized spacial score (nSPS) is 19.9. The fourth-order valence-corrected chi connectivity index (χ4v) is 4.35. The summed E-state index contributed by atoms with van der Waals surface area (Å²) in [5.74, 6) is 0.344. The SMILES string of the molecule is COc1ccc(N2C(=O)C(c3ccccc3)=C(N3CCCC(C)C3)C2=O)cc1Cl. The maximum absolute atomic E-state index is 13.5. The Balaban J connectivity index is 1.80. The average molecular weight is 411 g/mol. The lowest BCUT2D eigenvalue weighted by Crippen LogP contribution is -2.39. The predicted octanol–water partition coefficient (Wildman–Crippen LogP) is 4.37. The Morgan fingerprint density at radius 2 is 1.83 bits per heavy atom. The van der Waals surface area contributed by atoms with Crippen molar-refractivity contribution in [3.8, 4) is 5.75 Å². The van der Waals surface area contributed by atoms with E-state index in [-0.39, 0.29) is 11.8 Å². The Kier molecular flexibility index (Phi) is 5.33. The Hall–Kier alpha value is -2.79. The molecule has 150 valence electrons. The average Bonchev–Trinajstić information content (AvgIpc) is 2.98. The van der Waals surface area contributed by atoms with Crippen LogP contribution >= 0.6 is 11.6 Å². The van der Waals surface area contributed by atoms with E-state index in [1.54, 1.807) is 18.2 Å². The number of nitrogens with zero attached hydrogens (tertiary/aromatic N) is 2. The standard InChI is InChI=1S/C23H23ClN2O3/c1-15-7-6-12-25(14-15)21-20(16-8-4-3-5-9-16)22(27)26(23(21)28)17-10-11-19(29-2)18(24)13-17/h3-5,8-11,13,15H,6-7,12,14H2,1-2H3. The molecule has 29 heavy (non-hydrogen) atoms. The largest absolute Gasteiger partial charge is 0.495 e. The number of imide groups is 1. The molecule has 0 bridgehead atoms. The maximum Gasteiger partial charge on any atom is 0.282 e. The van der Waals surface area contributed by atoms with E-state index in [4.69, 9.17) is 16.3 Å². The number of carbonyl (C=O) groups excluding carboxylic acids is 2. The second kappa shape index (κ2) is 7.91. The molecule has 0 aliphatic carbocycles. The number of methoxy groups -OCH3 is 1. The Labute approximate surface area is 175 Å². The molecule has 0 radical (unpaired) electrons. The fourth-order valence-electron chi connectivity index (χ4n) is 4.10. The number of halogens is 1. The molecule has 2 aromatic rings. The highest BCUT2D eigenvalue weighted by atomic mass is 35.5. The molecular formula is C23H23ClN2O3. The Bertz CT molecular complexity index is 987. The quantitative estimate of drug-likeness (QED) is 0.702. The number of amides is 2. The first kappa shape index (κ1) is 19.5. The Morgan fingerprint density at radius 3 is 2.48 bits per heavy atom. The number of piperidine rings is 1. The molecule has 2 amide bonds. The van der Waals surface area contributed by atoms with Crippen molar-refractivity contribution in [2.24, 2.45) is 5.92 Å². The van der Waals surface area contributed by atoms with Gasteiger partial charge in [-0.2, -0.15) is 0 Å². The third-order valence-electron chi connectivity index (χ3n) is 5.49. The molecule has 1 fully saturated rings. The van der Waals surface area contributed by atoms with Crippen LogP contribution in [0.15, 0.2) is 54.2 Å². The predicted molar refractivity (Wildman–Crippen MR) is 114 cm³/mol. The van der Waals surface area contributed by atoms with Gasteiger partial charge >= 0.3 is 0 Å². The number of ether oxygens (including phenoxy) is 1. The minimum Gasteiger partial charge on any atom is -0.495 e. The zero-order valence-corrected chi connectivity index (χ0v) is 17.3. The monoisotopic (exact) mass is 410 g/mol. The smallest absolute Gasteiger partial charge is 0.282 e. The summed E-state index contributed by atoms with van der Waals surface area (Å²) in [6.07, 6.45) is 2.13. The van der Waals surface area contributed by atoms with Gasteiger partial charge in [0, 0.05) is 13.1 Å². The van der Waals surface area contributed by atoms with Gasteiger partial charge in [-0.15, -0.1) is 0 Å². The number of rotatable bonds is 4. The van der Waals surface area contributed by atoms with Gasteiger partial charge in [0.15, 0.2) is 0 Å². The molecule has 2 aliphatic rings. The first-order chi connectivity index (χ1) is 14.0. The van der Waals surface area contributed by atoms with E-state index in [1.165, 1.54) is 12.0 Å². The molecule has 1 saturated heterocycles. The van der Waals surface area contributed by atoms with Gasteiger partial charge in [-0.25, -0.2) is 4.90 Å². The maximum atomic E-state index is 13.5. The van der Waals surface area contributed by atoms with Gasteiger partial charge in [0.25, 0.3) is 11.8 Å². The number of hydrogen-bond donors (Lipinski definition) is 0. The summed E-state index contributed by atoms with van der Waals surface area (Å²) >= 11 is 6.26. The summed E-state index contributed by atoms with van der Waals surface area (Å²) in [4.78, 5) is 30.3. The highest BCUT2D eigenvalue weighted by Gasteiger charge is 2.43. The van der Waals surface area contributed by atoms with Crippen LogP contribution in [0, 0.1) is 5.92 Å². The number of hydrogen-bond acceptors (Lipinski definition) is 4. The van der Waals surface area contributed by atoms with Crippen LogP contribution in [-0.4, -0.2) is 36.9 Å². The number of benzene rings is 2. The van der Waals surface area contributed by atoms with Crippen LogP contribution in [0.1, 0.15) is 25.3 Å². The number of anilines is 1. The lowest BCUT2D eigenvalue weighted by molar-refractivity contribution is -0.120. The molecular weight excluding hydrogens is 388 g/mol. The van der Waals surface area contributed by atoms with E-state index in [0.717, 1.165) is 31.5 Å². The molecule has 6 heteroatoms. The van der Waals surface area contributed by atoms with Crippen LogP contribution in [0.25, 0.3) is 5.57 Å². The molecule has 4 rings (SSSR count). The van der Waals surface area contributed by atoms with Crippen molar-refractivity contribution in [1.29, 1.82) is 0 Å². The van der Waals surface area contributed by atoms with Gasteiger partial charge in [-0.05, 0) is 42.5 Å². The third-order valence-corrected chi connectivity index (χ3v) is 5.78. The summed E-state index contributed by atoms with van der Waals surface area (Å²) in [7, 11) is 1.53. The molecule has 5 nitrogen and oxygen atoms in total. The minimum atomic E-state index is -0.323. The van der Waals surface area contributed by atoms with Gasteiger partial charge in [0.05, 0.1) is 23.4 Å². The molecule has 2 heterocycles. The first-order valence-corrected chi connectivity index (χ1v) is 10.2. The zero-order valence-electron chi connectivity index (χ0n) is 16.5. The van der Waals surface area contributed by atoms with Crippen molar-refractivity contribution in [3.05, 3.63) is 64.8 Å². The minimum absolute atomic E-state index is 0.302. The second-order valence-corrected chi connectivity index (χ2v) is 7.95. The summed E-state index contributed by atoms with van der Waals surface area (Å²) in [6, 6.07) is 14.4. The molecule has 2 aliphatic heterocycles. The van der Waals surface area contributed by atoms with Gasteiger partial charge in [0.1, 0.15) is 11.4 Å². The van der Waals surface area contributed by atoms with Crippen LogP contribution in [0.3, 0.4) is 0 Å². The molecule has 0 aromatic heterocycles. The lowest BCUT2D eigenvalue weighted by atomic mass is 9.98. The van der Waals surface area contributed by atoms with E-state index in [1.807, 2.05) is 30.3 Å². The zero-order chi connectivity index (χ0) is 20.5. The Morgan fingerprint density at radius 1 is 1.07 bits per heavy atom. The van der Waals surface area contributed by atoms with E-state index in [0.29, 0.717) is 33.6 Å². The molecule has 0 saturated carbocycles. The van der Waals surface area contributed by atoms with E-state index >= 15 is 0 Å². The highest BCUT2D eigenvalue weighted by Crippen LogP contribution is 2.38.